The summed E-state index contributed by atoms with van der Waals surface area (Å²) in [5.41, 5.74) is 1.82. The molecule has 0 bridgehead atoms. The Kier molecular flexibility index (Phi) is 5.74. The van der Waals surface area contributed by atoms with Crippen LogP contribution < -0.4 is 14.7 Å². The van der Waals surface area contributed by atoms with Crippen LogP contribution in [0.2, 0.25) is 10.0 Å². The number of rotatable bonds is 5. The van der Waals surface area contributed by atoms with Crippen LogP contribution in [0.1, 0.15) is 18.5 Å². The fourth-order valence-electron chi connectivity index (χ4n) is 4.40. The molecule has 168 valence electrons. The second-order valence-corrected chi connectivity index (χ2v) is 8.61. The zero-order valence-corrected chi connectivity index (χ0v) is 19.2. The number of nitrogens with zero attached hydrogens (tertiary/aromatic N) is 2. The first-order valence-electron chi connectivity index (χ1n) is 10.6. The van der Waals surface area contributed by atoms with Gasteiger partial charge >= 0.3 is 0 Å². The van der Waals surface area contributed by atoms with Gasteiger partial charge in [0.15, 0.2) is 6.10 Å². The quantitative estimate of drug-likeness (QED) is 0.453. The number of carbonyl (C=O) groups is 2. The van der Waals surface area contributed by atoms with E-state index in [1.54, 1.807) is 47.5 Å². The van der Waals surface area contributed by atoms with Gasteiger partial charge in [0.2, 0.25) is 5.91 Å². The molecule has 5 rings (SSSR count). The summed E-state index contributed by atoms with van der Waals surface area (Å²) >= 11 is 12.7. The van der Waals surface area contributed by atoms with E-state index in [9.17, 15) is 9.59 Å². The number of anilines is 2. The normalized spacial score (nSPS) is 22.1. The van der Waals surface area contributed by atoms with E-state index in [4.69, 9.17) is 32.8 Å². The average Bonchev–Trinajstić information content (AvgIpc) is 3.31. The Morgan fingerprint density at radius 1 is 0.909 bits per heavy atom. The summed E-state index contributed by atoms with van der Waals surface area (Å²) in [5.74, 6) is -0.982. The van der Waals surface area contributed by atoms with Crippen LogP contribution in [0.25, 0.3) is 0 Å². The molecule has 0 saturated carbocycles. The predicted octanol–water partition coefficient (Wildman–Crippen LogP) is 5.44. The Morgan fingerprint density at radius 3 is 2.39 bits per heavy atom. The van der Waals surface area contributed by atoms with E-state index in [0.717, 1.165) is 0 Å². The van der Waals surface area contributed by atoms with Crippen LogP contribution in [0, 0.1) is 5.92 Å². The van der Waals surface area contributed by atoms with Crippen LogP contribution in [-0.2, 0) is 14.4 Å². The molecule has 8 heteroatoms. The minimum absolute atomic E-state index is 0.354. The fraction of sp³-hybridized carbons (Fsp3) is 0.200. The molecule has 3 atom stereocenters. The number of amides is 2. The maximum atomic E-state index is 13.7. The molecule has 0 aliphatic carbocycles. The predicted molar refractivity (Wildman–Crippen MR) is 127 cm³/mol. The summed E-state index contributed by atoms with van der Waals surface area (Å²) < 4.78 is 5.54. The minimum atomic E-state index is -0.981. The van der Waals surface area contributed by atoms with Gasteiger partial charge in [-0.3, -0.25) is 14.4 Å². The van der Waals surface area contributed by atoms with E-state index in [2.05, 4.69) is 0 Å². The Balaban J connectivity index is 1.58. The van der Waals surface area contributed by atoms with Gasteiger partial charge in [-0.15, -0.1) is 0 Å². The molecular weight excluding hydrogens is 463 g/mol. The van der Waals surface area contributed by atoms with Crippen molar-refractivity contribution in [3.8, 4) is 5.75 Å². The average molecular weight is 483 g/mol. The van der Waals surface area contributed by atoms with E-state index in [0.29, 0.717) is 39.3 Å². The lowest BCUT2D eigenvalue weighted by Gasteiger charge is -2.29. The minimum Gasteiger partial charge on any atom is -0.494 e. The van der Waals surface area contributed by atoms with Gasteiger partial charge in [-0.2, -0.15) is 0 Å². The van der Waals surface area contributed by atoms with Gasteiger partial charge in [-0.05, 0) is 48.9 Å². The highest BCUT2D eigenvalue weighted by atomic mass is 35.5. The number of carbonyl (C=O) groups excluding carboxylic acids is 2. The van der Waals surface area contributed by atoms with E-state index in [1.807, 2.05) is 37.3 Å². The van der Waals surface area contributed by atoms with Crippen molar-refractivity contribution in [2.24, 2.45) is 5.92 Å². The highest BCUT2D eigenvalue weighted by Crippen LogP contribution is 2.49. The van der Waals surface area contributed by atoms with Gasteiger partial charge in [0.05, 0.1) is 24.0 Å². The highest BCUT2D eigenvalue weighted by molar-refractivity contribution is 6.35. The third kappa shape index (κ3) is 3.74. The summed E-state index contributed by atoms with van der Waals surface area (Å²) in [5, 5.41) is 2.48. The van der Waals surface area contributed by atoms with Crippen LogP contribution in [0.15, 0.2) is 72.8 Å². The Bertz CT molecular complexity index is 1220. The van der Waals surface area contributed by atoms with Crippen LogP contribution in [0.5, 0.6) is 5.75 Å². The summed E-state index contributed by atoms with van der Waals surface area (Å²) in [6, 6.07) is 20.7. The van der Waals surface area contributed by atoms with Crippen molar-refractivity contribution >= 4 is 46.4 Å². The highest BCUT2D eigenvalue weighted by Gasteiger charge is 2.60. The second kappa shape index (κ2) is 8.71. The van der Waals surface area contributed by atoms with Crippen LogP contribution in [0.4, 0.5) is 11.4 Å². The van der Waals surface area contributed by atoms with E-state index in [-0.39, 0.29) is 5.91 Å². The van der Waals surface area contributed by atoms with Gasteiger partial charge in [-0.1, -0.05) is 53.5 Å². The molecule has 33 heavy (non-hydrogen) atoms. The summed E-state index contributed by atoms with van der Waals surface area (Å²) in [6.07, 6.45) is -0.981. The smallest absolute Gasteiger partial charge is 0.266 e. The summed E-state index contributed by atoms with van der Waals surface area (Å²) in [7, 11) is 0. The molecule has 0 radical (unpaired) electrons. The lowest BCUT2D eigenvalue weighted by Crippen LogP contribution is -2.37. The Hall–Kier alpha value is -3.06. The van der Waals surface area contributed by atoms with Gasteiger partial charge in [-0.25, -0.2) is 9.96 Å². The molecule has 2 heterocycles. The molecule has 6 nitrogen and oxygen atoms in total. The number of hydrogen-bond donors (Lipinski definition) is 0. The number of hydroxylamine groups is 1. The van der Waals surface area contributed by atoms with Gasteiger partial charge in [0.25, 0.3) is 5.91 Å². The standard InChI is InChI=1S/C25H20Cl2N2O4/c1-2-32-18-10-6-9-17(14-18)28-24(30)21-22(19-12-11-15(26)13-20(19)27)29(33-23(21)25(28)31)16-7-4-3-5-8-16/h3-14,21-23H,2H2,1H3. The van der Waals surface area contributed by atoms with Crippen molar-refractivity contribution in [2.75, 3.05) is 16.6 Å². The monoisotopic (exact) mass is 482 g/mol. The lowest BCUT2D eigenvalue weighted by atomic mass is 9.90. The van der Waals surface area contributed by atoms with Crippen molar-refractivity contribution < 1.29 is 19.2 Å². The fourth-order valence-corrected chi connectivity index (χ4v) is 4.92. The van der Waals surface area contributed by atoms with Crippen molar-refractivity contribution in [3.63, 3.8) is 0 Å². The molecule has 2 aliphatic heterocycles. The third-order valence-electron chi connectivity index (χ3n) is 5.79. The van der Waals surface area contributed by atoms with Crippen LogP contribution in [-0.4, -0.2) is 24.5 Å². The molecular formula is C25H20Cl2N2O4. The SMILES string of the molecule is CCOc1cccc(N2C(=O)C3ON(c4ccccc4)C(c4ccc(Cl)cc4Cl)C3C2=O)c1. The maximum Gasteiger partial charge on any atom is 0.266 e. The second-order valence-electron chi connectivity index (χ2n) is 7.77. The van der Waals surface area contributed by atoms with Crippen LogP contribution >= 0.6 is 23.2 Å². The molecule has 3 unspecified atom stereocenters. The van der Waals surface area contributed by atoms with Crippen molar-refractivity contribution in [3.05, 3.63) is 88.4 Å². The first kappa shape index (κ1) is 21.8. The van der Waals surface area contributed by atoms with E-state index >= 15 is 0 Å². The summed E-state index contributed by atoms with van der Waals surface area (Å²) in [4.78, 5) is 34.4. The topological polar surface area (TPSA) is 59.1 Å². The molecule has 2 amide bonds. The molecule has 3 aromatic rings. The zero-order chi connectivity index (χ0) is 23.1. The number of imide groups is 1. The Labute approximate surface area is 201 Å². The van der Waals surface area contributed by atoms with Crippen molar-refractivity contribution in [1.29, 1.82) is 0 Å². The number of hydrogen-bond acceptors (Lipinski definition) is 5. The van der Waals surface area contributed by atoms with E-state index < -0.39 is 24.0 Å². The maximum absolute atomic E-state index is 13.7. The molecule has 0 aromatic heterocycles. The molecule has 2 fully saturated rings. The first-order valence-corrected chi connectivity index (χ1v) is 11.3. The number of fused-ring (bicyclic) bond motifs is 1. The molecule has 3 aromatic carbocycles. The zero-order valence-electron chi connectivity index (χ0n) is 17.7. The molecule has 0 N–H and O–H groups in total. The largest absolute Gasteiger partial charge is 0.494 e. The van der Waals surface area contributed by atoms with Gasteiger partial charge < -0.3 is 4.74 Å². The number of para-hydroxylation sites is 1. The summed E-state index contributed by atoms with van der Waals surface area (Å²) in [6.45, 7) is 2.35. The van der Waals surface area contributed by atoms with E-state index in [1.165, 1.54) is 4.90 Å². The Morgan fingerprint density at radius 2 is 1.67 bits per heavy atom. The van der Waals surface area contributed by atoms with Crippen LogP contribution in [0.3, 0.4) is 0 Å². The third-order valence-corrected chi connectivity index (χ3v) is 6.36. The lowest BCUT2D eigenvalue weighted by molar-refractivity contribution is -0.126. The first-order chi connectivity index (χ1) is 16.0. The molecule has 0 spiro atoms. The number of ether oxygens (including phenoxy) is 1. The van der Waals surface area contributed by atoms with Gasteiger partial charge in [0, 0.05) is 16.1 Å². The number of benzene rings is 3. The van der Waals surface area contributed by atoms with Crippen molar-refractivity contribution in [2.45, 2.75) is 19.1 Å². The molecule has 2 saturated heterocycles. The molecule has 2 aliphatic rings. The van der Waals surface area contributed by atoms with Crippen molar-refractivity contribution in [1.82, 2.24) is 0 Å². The van der Waals surface area contributed by atoms with Gasteiger partial charge in [0.1, 0.15) is 11.7 Å². The number of halogens is 2.